The SMILES string of the molecule is CC(O)(Cc1ccncc1Cl)c1ccc(F)cc1. The lowest BCUT2D eigenvalue weighted by atomic mass is 9.89. The molecule has 1 aromatic carbocycles. The van der Waals surface area contributed by atoms with Crippen molar-refractivity contribution in [2.45, 2.75) is 18.9 Å². The summed E-state index contributed by atoms with van der Waals surface area (Å²) in [6.07, 6.45) is 3.51. The minimum absolute atomic E-state index is 0.323. The van der Waals surface area contributed by atoms with Gasteiger partial charge in [-0.25, -0.2) is 4.39 Å². The molecule has 94 valence electrons. The van der Waals surface area contributed by atoms with E-state index in [0.717, 1.165) is 5.56 Å². The minimum atomic E-state index is -1.10. The Bertz CT molecular complexity index is 540. The van der Waals surface area contributed by atoms with E-state index in [-0.39, 0.29) is 5.82 Å². The van der Waals surface area contributed by atoms with E-state index in [1.54, 1.807) is 31.3 Å². The lowest BCUT2D eigenvalue weighted by Gasteiger charge is -2.24. The number of halogens is 2. The van der Waals surface area contributed by atoms with Gasteiger partial charge in [0.05, 0.1) is 10.6 Å². The monoisotopic (exact) mass is 265 g/mol. The first-order chi connectivity index (χ1) is 8.49. The van der Waals surface area contributed by atoms with E-state index in [4.69, 9.17) is 11.6 Å². The van der Waals surface area contributed by atoms with Crippen molar-refractivity contribution in [1.29, 1.82) is 0 Å². The zero-order chi connectivity index (χ0) is 13.2. The van der Waals surface area contributed by atoms with E-state index < -0.39 is 5.60 Å². The molecule has 0 radical (unpaired) electrons. The summed E-state index contributed by atoms with van der Waals surface area (Å²) in [5.74, 6) is -0.323. The van der Waals surface area contributed by atoms with Crippen molar-refractivity contribution < 1.29 is 9.50 Å². The van der Waals surface area contributed by atoms with Gasteiger partial charge in [0.25, 0.3) is 0 Å². The van der Waals surface area contributed by atoms with Crippen LogP contribution in [0.5, 0.6) is 0 Å². The van der Waals surface area contributed by atoms with Crippen molar-refractivity contribution in [1.82, 2.24) is 4.98 Å². The molecular weight excluding hydrogens is 253 g/mol. The molecule has 0 fully saturated rings. The van der Waals surface area contributed by atoms with Gasteiger partial charge >= 0.3 is 0 Å². The maximum atomic E-state index is 12.9. The maximum absolute atomic E-state index is 12.9. The molecule has 1 atom stereocenters. The quantitative estimate of drug-likeness (QED) is 0.923. The molecule has 4 heteroatoms. The Kier molecular flexibility index (Phi) is 3.64. The minimum Gasteiger partial charge on any atom is -0.385 e. The third-order valence-electron chi connectivity index (χ3n) is 2.86. The van der Waals surface area contributed by atoms with Crippen molar-refractivity contribution in [3.63, 3.8) is 0 Å². The third-order valence-corrected chi connectivity index (χ3v) is 3.20. The fourth-order valence-corrected chi connectivity index (χ4v) is 2.02. The number of hydrogen-bond acceptors (Lipinski definition) is 2. The third kappa shape index (κ3) is 2.86. The molecule has 1 N–H and O–H groups in total. The molecule has 0 spiro atoms. The Balaban J connectivity index is 2.27. The van der Waals surface area contributed by atoms with Gasteiger partial charge in [0.15, 0.2) is 0 Å². The van der Waals surface area contributed by atoms with Gasteiger partial charge in [0, 0.05) is 18.8 Å². The predicted octanol–water partition coefficient (Wildman–Crippen LogP) is 3.32. The van der Waals surface area contributed by atoms with Crippen LogP contribution in [0.2, 0.25) is 5.02 Å². The molecule has 18 heavy (non-hydrogen) atoms. The van der Waals surface area contributed by atoms with Gasteiger partial charge in [-0.3, -0.25) is 4.98 Å². The number of pyridine rings is 1. The van der Waals surface area contributed by atoms with Crippen LogP contribution in [0.3, 0.4) is 0 Å². The van der Waals surface area contributed by atoms with E-state index in [9.17, 15) is 9.50 Å². The summed E-state index contributed by atoms with van der Waals surface area (Å²) in [5, 5.41) is 11.0. The van der Waals surface area contributed by atoms with Crippen molar-refractivity contribution in [3.05, 3.63) is 64.7 Å². The van der Waals surface area contributed by atoms with Gasteiger partial charge < -0.3 is 5.11 Å². The van der Waals surface area contributed by atoms with Crippen molar-refractivity contribution in [2.75, 3.05) is 0 Å². The lowest BCUT2D eigenvalue weighted by Crippen LogP contribution is -2.24. The molecule has 0 aliphatic carbocycles. The summed E-state index contributed by atoms with van der Waals surface area (Å²) in [6, 6.07) is 7.57. The van der Waals surface area contributed by atoms with E-state index in [0.29, 0.717) is 17.0 Å². The summed E-state index contributed by atoms with van der Waals surface area (Å²) in [5.41, 5.74) is 0.358. The second-order valence-electron chi connectivity index (χ2n) is 4.42. The average molecular weight is 266 g/mol. The fourth-order valence-electron chi connectivity index (χ4n) is 1.83. The van der Waals surface area contributed by atoms with Crippen LogP contribution in [0, 0.1) is 5.82 Å². The second kappa shape index (κ2) is 5.04. The van der Waals surface area contributed by atoms with Crippen molar-refractivity contribution in [3.8, 4) is 0 Å². The topological polar surface area (TPSA) is 33.1 Å². The zero-order valence-electron chi connectivity index (χ0n) is 9.90. The molecule has 2 aromatic rings. The molecule has 0 saturated carbocycles. The smallest absolute Gasteiger partial charge is 0.123 e. The van der Waals surface area contributed by atoms with Crippen molar-refractivity contribution >= 4 is 11.6 Å². The molecule has 1 unspecified atom stereocenters. The lowest BCUT2D eigenvalue weighted by molar-refractivity contribution is 0.0575. The van der Waals surface area contributed by atoms with Gasteiger partial charge in [-0.15, -0.1) is 0 Å². The molecule has 2 nitrogen and oxygen atoms in total. The van der Waals surface area contributed by atoms with E-state index in [2.05, 4.69) is 4.98 Å². The van der Waals surface area contributed by atoms with E-state index in [1.807, 2.05) is 0 Å². The Morgan fingerprint density at radius 2 is 1.94 bits per heavy atom. The predicted molar refractivity (Wildman–Crippen MR) is 68.9 cm³/mol. The van der Waals surface area contributed by atoms with Gasteiger partial charge in [-0.1, -0.05) is 23.7 Å². The second-order valence-corrected chi connectivity index (χ2v) is 4.83. The first kappa shape index (κ1) is 13.0. The average Bonchev–Trinajstić information content (AvgIpc) is 2.32. The highest BCUT2D eigenvalue weighted by Crippen LogP contribution is 2.28. The number of aromatic nitrogens is 1. The number of benzene rings is 1. The molecule has 0 saturated heterocycles. The van der Waals surface area contributed by atoms with Gasteiger partial charge in [0.1, 0.15) is 5.82 Å². The van der Waals surface area contributed by atoms with Crippen LogP contribution >= 0.6 is 11.6 Å². The zero-order valence-corrected chi connectivity index (χ0v) is 10.7. The fraction of sp³-hybridized carbons (Fsp3) is 0.214. The Morgan fingerprint density at radius 3 is 2.56 bits per heavy atom. The first-order valence-corrected chi connectivity index (χ1v) is 5.94. The summed E-state index contributed by atoms with van der Waals surface area (Å²) in [4.78, 5) is 3.90. The number of hydrogen-bond donors (Lipinski definition) is 1. The molecule has 0 amide bonds. The Labute approximate surface area is 110 Å². The van der Waals surface area contributed by atoms with Gasteiger partial charge in [0.2, 0.25) is 0 Å². The summed E-state index contributed by atoms with van der Waals surface area (Å²) < 4.78 is 12.9. The summed E-state index contributed by atoms with van der Waals surface area (Å²) in [6.45, 7) is 1.68. The van der Waals surface area contributed by atoms with E-state index >= 15 is 0 Å². The highest BCUT2D eigenvalue weighted by Gasteiger charge is 2.24. The molecular formula is C14H13ClFNO. The highest BCUT2D eigenvalue weighted by atomic mass is 35.5. The first-order valence-electron chi connectivity index (χ1n) is 5.56. The molecule has 0 aliphatic rings. The number of nitrogens with zero attached hydrogens (tertiary/aromatic N) is 1. The standard InChI is InChI=1S/C14H13ClFNO/c1-14(18,11-2-4-12(16)5-3-11)8-10-6-7-17-9-13(10)15/h2-7,9,18H,8H2,1H3. The molecule has 0 aliphatic heterocycles. The van der Waals surface area contributed by atoms with Crippen LogP contribution in [0.1, 0.15) is 18.1 Å². The van der Waals surface area contributed by atoms with Crippen LogP contribution in [0.4, 0.5) is 4.39 Å². The van der Waals surface area contributed by atoms with Crippen LogP contribution in [0.15, 0.2) is 42.7 Å². The molecule has 2 rings (SSSR count). The van der Waals surface area contributed by atoms with E-state index in [1.165, 1.54) is 18.3 Å². The van der Waals surface area contributed by atoms with Crippen LogP contribution in [-0.4, -0.2) is 10.1 Å². The maximum Gasteiger partial charge on any atom is 0.123 e. The highest BCUT2D eigenvalue weighted by molar-refractivity contribution is 6.31. The number of aliphatic hydroxyl groups is 1. The Morgan fingerprint density at radius 1 is 1.28 bits per heavy atom. The van der Waals surface area contributed by atoms with Crippen LogP contribution in [0.25, 0.3) is 0 Å². The number of rotatable bonds is 3. The van der Waals surface area contributed by atoms with Crippen molar-refractivity contribution in [2.24, 2.45) is 0 Å². The summed E-state index contributed by atoms with van der Waals surface area (Å²) in [7, 11) is 0. The molecule has 1 heterocycles. The normalized spacial score (nSPS) is 14.2. The summed E-state index contributed by atoms with van der Waals surface area (Å²) >= 11 is 6.01. The van der Waals surface area contributed by atoms with Gasteiger partial charge in [-0.2, -0.15) is 0 Å². The molecule has 1 aromatic heterocycles. The molecule has 0 bridgehead atoms. The van der Waals surface area contributed by atoms with Crippen LogP contribution in [-0.2, 0) is 12.0 Å². The van der Waals surface area contributed by atoms with Gasteiger partial charge in [-0.05, 0) is 36.2 Å². The Hall–Kier alpha value is -1.45. The largest absolute Gasteiger partial charge is 0.385 e. The van der Waals surface area contributed by atoms with Crippen LogP contribution < -0.4 is 0 Å².